The van der Waals surface area contributed by atoms with Crippen molar-refractivity contribution in [3.8, 4) is 5.75 Å². The molecule has 1 saturated carbocycles. The first kappa shape index (κ1) is 17.7. The number of fused-ring (bicyclic) bond motifs is 1. The van der Waals surface area contributed by atoms with Gasteiger partial charge in [-0.3, -0.25) is 9.59 Å². The third-order valence-electron chi connectivity index (χ3n) is 4.11. The summed E-state index contributed by atoms with van der Waals surface area (Å²) in [5.41, 5.74) is 1.56. The number of rotatable bonds is 5. The molecule has 0 aromatic heterocycles. The topological polar surface area (TPSA) is 80.1 Å². The number of aliphatic imine (C=N–C) groups is 2. The first-order valence-corrected chi connectivity index (χ1v) is 9.50. The maximum atomic E-state index is 12.2. The van der Waals surface area contributed by atoms with Crippen LogP contribution < -0.4 is 10.1 Å². The number of anilines is 1. The predicted molar refractivity (Wildman–Crippen MR) is 101 cm³/mol. The Kier molecular flexibility index (Phi) is 5.86. The lowest BCUT2D eigenvalue weighted by molar-refractivity contribution is -0.120. The van der Waals surface area contributed by atoms with Gasteiger partial charge in [-0.05, 0) is 38.3 Å². The molecule has 1 atom stereocenters. The van der Waals surface area contributed by atoms with Gasteiger partial charge < -0.3 is 10.1 Å². The zero-order valence-electron chi connectivity index (χ0n) is 14.2. The molecule has 3 rings (SSSR count). The van der Waals surface area contributed by atoms with Gasteiger partial charge in [0.15, 0.2) is 5.17 Å². The molecule has 0 saturated heterocycles. The van der Waals surface area contributed by atoms with Gasteiger partial charge in [0, 0.05) is 5.71 Å². The van der Waals surface area contributed by atoms with Crippen LogP contribution in [0.25, 0.3) is 0 Å². The SMILES string of the molecule is CCOc1ccccc1NC(=O)CSC1=NC(=O)C2CCCCC2=N1. The van der Waals surface area contributed by atoms with E-state index in [1.165, 1.54) is 11.8 Å². The molecular formula is C18H21N3O3S. The highest BCUT2D eigenvalue weighted by atomic mass is 32.2. The Morgan fingerprint density at radius 1 is 1.32 bits per heavy atom. The zero-order chi connectivity index (χ0) is 17.6. The van der Waals surface area contributed by atoms with E-state index in [4.69, 9.17) is 4.74 Å². The van der Waals surface area contributed by atoms with Crippen LogP contribution in [0.2, 0.25) is 0 Å². The highest BCUT2D eigenvalue weighted by Gasteiger charge is 2.30. The number of carbonyl (C=O) groups is 2. The molecule has 1 N–H and O–H groups in total. The molecular weight excluding hydrogens is 338 g/mol. The molecule has 1 aliphatic carbocycles. The van der Waals surface area contributed by atoms with E-state index in [-0.39, 0.29) is 23.5 Å². The number of nitrogens with zero attached hydrogens (tertiary/aromatic N) is 2. The molecule has 1 aromatic carbocycles. The minimum atomic E-state index is -0.182. The van der Waals surface area contributed by atoms with Crippen LogP contribution in [0.5, 0.6) is 5.75 Å². The molecule has 1 aromatic rings. The van der Waals surface area contributed by atoms with Crippen LogP contribution in [0, 0.1) is 5.92 Å². The first-order chi connectivity index (χ1) is 12.2. The zero-order valence-corrected chi connectivity index (χ0v) is 15.0. The number of hydrogen-bond donors (Lipinski definition) is 1. The van der Waals surface area contributed by atoms with Crippen LogP contribution in [-0.2, 0) is 9.59 Å². The Morgan fingerprint density at radius 3 is 3.00 bits per heavy atom. The second kappa shape index (κ2) is 8.29. The lowest BCUT2D eigenvalue weighted by Crippen LogP contribution is -2.30. The Labute approximate surface area is 151 Å². The standard InChI is InChI=1S/C18H21N3O3S/c1-2-24-15-10-6-5-9-14(15)19-16(22)11-25-18-20-13-8-4-3-7-12(13)17(23)21-18/h5-6,9-10,12H,2-4,7-8,11H2,1H3,(H,19,22). The smallest absolute Gasteiger partial charge is 0.256 e. The van der Waals surface area contributed by atoms with Crippen LogP contribution >= 0.6 is 11.8 Å². The summed E-state index contributed by atoms with van der Waals surface area (Å²) in [6.07, 6.45) is 3.81. The van der Waals surface area contributed by atoms with Crippen molar-refractivity contribution in [2.45, 2.75) is 32.6 Å². The molecule has 0 bridgehead atoms. The van der Waals surface area contributed by atoms with E-state index >= 15 is 0 Å². The first-order valence-electron chi connectivity index (χ1n) is 8.52. The summed E-state index contributed by atoms with van der Waals surface area (Å²) in [5, 5.41) is 3.22. The predicted octanol–water partition coefficient (Wildman–Crippen LogP) is 3.28. The van der Waals surface area contributed by atoms with E-state index in [9.17, 15) is 9.59 Å². The molecule has 1 aliphatic heterocycles. The molecule has 0 spiro atoms. The average Bonchev–Trinajstić information content (AvgIpc) is 2.62. The lowest BCUT2D eigenvalue weighted by Gasteiger charge is -2.24. The van der Waals surface area contributed by atoms with Gasteiger partial charge in [0.25, 0.3) is 5.91 Å². The summed E-state index contributed by atoms with van der Waals surface area (Å²) >= 11 is 1.19. The molecule has 1 heterocycles. The fourth-order valence-corrected chi connectivity index (χ4v) is 3.62. The molecule has 6 nitrogen and oxygen atoms in total. The van der Waals surface area contributed by atoms with E-state index in [1.54, 1.807) is 6.07 Å². The number of benzene rings is 1. The third kappa shape index (κ3) is 4.48. The van der Waals surface area contributed by atoms with E-state index in [0.717, 1.165) is 31.4 Å². The molecule has 2 amide bonds. The second-order valence-corrected chi connectivity index (χ2v) is 6.84. The number of thioether (sulfide) groups is 1. The van der Waals surface area contributed by atoms with Gasteiger partial charge in [0.2, 0.25) is 5.91 Å². The fraction of sp³-hybridized carbons (Fsp3) is 0.444. The summed E-state index contributed by atoms with van der Waals surface area (Å²) in [6, 6.07) is 7.30. The number of hydrogen-bond acceptors (Lipinski definition) is 5. The summed E-state index contributed by atoms with van der Waals surface area (Å²) in [7, 11) is 0. The van der Waals surface area contributed by atoms with Crippen molar-refractivity contribution in [2.24, 2.45) is 15.9 Å². The Balaban J connectivity index is 1.58. The lowest BCUT2D eigenvalue weighted by atomic mass is 9.86. The number of para-hydroxylation sites is 2. The molecule has 1 unspecified atom stereocenters. The maximum Gasteiger partial charge on any atom is 0.256 e. The van der Waals surface area contributed by atoms with Gasteiger partial charge in [-0.2, -0.15) is 4.99 Å². The van der Waals surface area contributed by atoms with Gasteiger partial charge in [0.1, 0.15) is 5.75 Å². The summed E-state index contributed by atoms with van der Waals surface area (Å²) in [4.78, 5) is 32.8. The molecule has 7 heteroatoms. The fourth-order valence-electron chi connectivity index (χ4n) is 2.95. The third-order valence-corrected chi connectivity index (χ3v) is 4.96. The average molecular weight is 359 g/mol. The summed E-state index contributed by atoms with van der Waals surface area (Å²) in [6.45, 7) is 2.42. The summed E-state index contributed by atoms with van der Waals surface area (Å²) < 4.78 is 5.49. The molecule has 0 radical (unpaired) electrons. The number of carbonyl (C=O) groups excluding carboxylic acids is 2. The van der Waals surface area contributed by atoms with Crippen LogP contribution in [0.4, 0.5) is 5.69 Å². The molecule has 25 heavy (non-hydrogen) atoms. The van der Waals surface area contributed by atoms with Crippen molar-refractivity contribution in [2.75, 3.05) is 17.7 Å². The monoisotopic (exact) mass is 359 g/mol. The summed E-state index contributed by atoms with van der Waals surface area (Å²) in [5.74, 6) is 0.352. The Hall–Kier alpha value is -2.15. The van der Waals surface area contributed by atoms with Crippen LogP contribution in [0.3, 0.4) is 0 Å². The van der Waals surface area contributed by atoms with Crippen molar-refractivity contribution in [3.63, 3.8) is 0 Å². The number of amidine groups is 1. The highest BCUT2D eigenvalue weighted by Crippen LogP contribution is 2.28. The van der Waals surface area contributed by atoms with Crippen molar-refractivity contribution in [1.29, 1.82) is 0 Å². The van der Waals surface area contributed by atoms with Gasteiger partial charge in [0.05, 0.1) is 24.0 Å². The van der Waals surface area contributed by atoms with Crippen LogP contribution in [0.1, 0.15) is 32.6 Å². The maximum absolute atomic E-state index is 12.2. The number of amides is 2. The van der Waals surface area contributed by atoms with Crippen LogP contribution in [0.15, 0.2) is 34.3 Å². The van der Waals surface area contributed by atoms with Gasteiger partial charge in [-0.15, -0.1) is 0 Å². The van der Waals surface area contributed by atoms with Crippen LogP contribution in [-0.4, -0.2) is 35.1 Å². The largest absolute Gasteiger partial charge is 0.492 e. The van der Waals surface area contributed by atoms with E-state index in [0.29, 0.717) is 23.2 Å². The second-order valence-electron chi connectivity index (χ2n) is 5.90. The van der Waals surface area contributed by atoms with E-state index in [2.05, 4.69) is 15.3 Å². The Morgan fingerprint density at radius 2 is 2.16 bits per heavy atom. The highest BCUT2D eigenvalue weighted by molar-refractivity contribution is 8.14. The van der Waals surface area contributed by atoms with Crippen molar-refractivity contribution in [1.82, 2.24) is 0 Å². The van der Waals surface area contributed by atoms with Gasteiger partial charge in [-0.25, -0.2) is 4.99 Å². The molecule has 2 aliphatic rings. The minimum absolute atomic E-state index is 0.116. The number of nitrogens with one attached hydrogen (secondary N) is 1. The van der Waals surface area contributed by atoms with E-state index < -0.39 is 0 Å². The van der Waals surface area contributed by atoms with Crippen molar-refractivity contribution >= 4 is 40.1 Å². The molecule has 132 valence electrons. The normalized spacial score (nSPS) is 19.6. The van der Waals surface area contributed by atoms with Gasteiger partial charge >= 0.3 is 0 Å². The van der Waals surface area contributed by atoms with Gasteiger partial charge in [-0.1, -0.05) is 30.3 Å². The minimum Gasteiger partial charge on any atom is -0.492 e. The van der Waals surface area contributed by atoms with E-state index in [1.807, 2.05) is 25.1 Å². The molecule has 1 fully saturated rings. The van der Waals surface area contributed by atoms with Crippen molar-refractivity contribution < 1.29 is 14.3 Å². The van der Waals surface area contributed by atoms with Crippen molar-refractivity contribution in [3.05, 3.63) is 24.3 Å². The quantitative estimate of drug-likeness (QED) is 0.875. The number of ether oxygens (including phenoxy) is 1. The Bertz CT molecular complexity index is 730.